The number of carbonyl (C=O) groups is 1. The third kappa shape index (κ3) is 4.70. The van der Waals surface area contributed by atoms with Gasteiger partial charge in [-0.1, -0.05) is 41.4 Å². The van der Waals surface area contributed by atoms with Crippen LogP contribution in [0.1, 0.15) is 15.9 Å². The molecule has 0 heterocycles. The summed E-state index contributed by atoms with van der Waals surface area (Å²) in [6.07, 6.45) is 0. The van der Waals surface area contributed by atoms with E-state index < -0.39 is 9.84 Å². The minimum Gasteiger partial charge on any atom is -0.457 e. The van der Waals surface area contributed by atoms with Gasteiger partial charge in [-0.15, -0.1) is 0 Å². The van der Waals surface area contributed by atoms with Crippen molar-refractivity contribution < 1.29 is 17.9 Å². The standard InChI is InChI=1S/C25H16Cl2O4S/c26-18-8-15-24(27)23(16-18)25(28)17-6-9-19(10-7-17)31-20-11-13-22(14-12-20)32(29,30)21-4-2-1-3-5-21/h1-16H. The Bertz CT molecular complexity index is 1370. The number of rotatable bonds is 6. The number of halogens is 2. The van der Waals surface area contributed by atoms with Gasteiger partial charge < -0.3 is 4.74 Å². The normalized spacial score (nSPS) is 11.2. The van der Waals surface area contributed by atoms with Crippen LogP contribution < -0.4 is 4.74 Å². The van der Waals surface area contributed by atoms with Crippen LogP contribution in [0.25, 0.3) is 0 Å². The number of carbonyl (C=O) groups excluding carboxylic acids is 1. The van der Waals surface area contributed by atoms with Crippen LogP contribution in [-0.2, 0) is 9.84 Å². The summed E-state index contributed by atoms with van der Waals surface area (Å²) in [5, 5.41) is 0.751. The average Bonchev–Trinajstić information content (AvgIpc) is 2.81. The molecular formula is C25H16Cl2O4S. The van der Waals surface area contributed by atoms with Crippen molar-refractivity contribution in [3.05, 3.63) is 118 Å². The van der Waals surface area contributed by atoms with E-state index in [1.54, 1.807) is 78.9 Å². The van der Waals surface area contributed by atoms with Gasteiger partial charge in [-0.25, -0.2) is 8.42 Å². The van der Waals surface area contributed by atoms with E-state index in [1.807, 2.05) is 0 Å². The summed E-state index contributed by atoms with van der Waals surface area (Å²) in [6.45, 7) is 0. The van der Waals surface area contributed by atoms with Crippen molar-refractivity contribution >= 4 is 38.8 Å². The van der Waals surface area contributed by atoms with Crippen LogP contribution in [0, 0.1) is 0 Å². The fourth-order valence-electron chi connectivity index (χ4n) is 3.06. The molecule has 0 aromatic heterocycles. The molecule has 7 heteroatoms. The monoisotopic (exact) mass is 482 g/mol. The van der Waals surface area contributed by atoms with Crippen LogP contribution in [0.5, 0.6) is 11.5 Å². The lowest BCUT2D eigenvalue weighted by Crippen LogP contribution is -2.02. The van der Waals surface area contributed by atoms with Gasteiger partial charge in [0.1, 0.15) is 11.5 Å². The Morgan fingerprint density at radius 3 is 1.88 bits per heavy atom. The number of ether oxygens (including phenoxy) is 1. The molecule has 0 fully saturated rings. The van der Waals surface area contributed by atoms with Crippen LogP contribution in [0.2, 0.25) is 10.0 Å². The second-order valence-corrected chi connectivity index (χ2v) is 9.66. The molecule has 160 valence electrons. The highest BCUT2D eigenvalue weighted by Crippen LogP contribution is 2.28. The van der Waals surface area contributed by atoms with E-state index in [4.69, 9.17) is 27.9 Å². The molecule has 0 N–H and O–H groups in total. The molecule has 0 saturated heterocycles. The molecule has 0 unspecified atom stereocenters. The summed E-state index contributed by atoms with van der Waals surface area (Å²) >= 11 is 12.1. The second-order valence-electron chi connectivity index (χ2n) is 6.87. The molecular weight excluding hydrogens is 467 g/mol. The van der Waals surface area contributed by atoms with Crippen LogP contribution >= 0.6 is 23.2 Å². The van der Waals surface area contributed by atoms with Gasteiger partial charge in [-0.05, 0) is 78.9 Å². The molecule has 0 aliphatic carbocycles. The summed E-state index contributed by atoms with van der Waals surface area (Å²) < 4.78 is 31.1. The van der Waals surface area contributed by atoms with Gasteiger partial charge >= 0.3 is 0 Å². The van der Waals surface area contributed by atoms with Crippen LogP contribution in [0.3, 0.4) is 0 Å². The molecule has 4 rings (SSSR count). The number of benzene rings is 4. The summed E-state index contributed by atoms with van der Waals surface area (Å²) in [5.74, 6) is 0.714. The molecule has 0 atom stereocenters. The zero-order chi connectivity index (χ0) is 22.7. The average molecular weight is 483 g/mol. The van der Waals surface area contributed by atoms with Gasteiger partial charge in [-0.2, -0.15) is 0 Å². The summed E-state index contributed by atoms with van der Waals surface area (Å²) in [4.78, 5) is 13.1. The van der Waals surface area contributed by atoms with Crippen molar-refractivity contribution in [2.75, 3.05) is 0 Å². The lowest BCUT2D eigenvalue weighted by molar-refractivity contribution is 0.103. The Balaban J connectivity index is 1.49. The zero-order valence-electron chi connectivity index (χ0n) is 16.5. The van der Waals surface area contributed by atoms with Crippen LogP contribution in [-0.4, -0.2) is 14.2 Å². The first-order valence-electron chi connectivity index (χ1n) is 9.52. The van der Waals surface area contributed by atoms with Gasteiger partial charge in [0.15, 0.2) is 5.78 Å². The van der Waals surface area contributed by atoms with E-state index in [-0.39, 0.29) is 15.6 Å². The maximum Gasteiger partial charge on any atom is 0.206 e. The Kier molecular flexibility index (Phi) is 6.33. The Hall–Kier alpha value is -3.12. The number of hydrogen-bond donors (Lipinski definition) is 0. The van der Waals surface area contributed by atoms with Crippen molar-refractivity contribution in [1.82, 2.24) is 0 Å². The highest BCUT2D eigenvalue weighted by Gasteiger charge is 2.17. The summed E-state index contributed by atoms with van der Waals surface area (Å²) in [5.41, 5.74) is 0.758. The van der Waals surface area contributed by atoms with E-state index >= 15 is 0 Å². The van der Waals surface area contributed by atoms with E-state index in [9.17, 15) is 13.2 Å². The SMILES string of the molecule is O=C(c1ccc(Oc2ccc(S(=O)(=O)c3ccccc3)cc2)cc1)c1cc(Cl)ccc1Cl. The molecule has 0 aliphatic rings. The fraction of sp³-hybridized carbons (Fsp3) is 0. The molecule has 32 heavy (non-hydrogen) atoms. The third-order valence-corrected chi connectivity index (χ3v) is 7.06. The minimum atomic E-state index is -3.59. The summed E-state index contributed by atoms with van der Waals surface area (Å²) in [6, 6.07) is 25.7. The molecule has 0 aliphatic heterocycles. The number of hydrogen-bond acceptors (Lipinski definition) is 4. The predicted octanol–water partition coefficient (Wildman–Crippen LogP) is 6.85. The van der Waals surface area contributed by atoms with Gasteiger partial charge in [0.2, 0.25) is 9.84 Å². The van der Waals surface area contributed by atoms with Crippen LogP contribution in [0.4, 0.5) is 0 Å². The fourth-order valence-corrected chi connectivity index (χ4v) is 4.72. The first kappa shape index (κ1) is 22.1. The Morgan fingerprint density at radius 1 is 0.688 bits per heavy atom. The van der Waals surface area contributed by atoms with Crippen LogP contribution in [0.15, 0.2) is 107 Å². The van der Waals surface area contributed by atoms with E-state index in [0.29, 0.717) is 32.7 Å². The second kappa shape index (κ2) is 9.17. The lowest BCUT2D eigenvalue weighted by Gasteiger charge is -2.09. The van der Waals surface area contributed by atoms with Gasteiger partial charge in [0.25, 0.3) is 0 Å². The number of sulfone groups is 1. The van der Waals surface area contributed by atoms with Crippen molar-refractivity contribution in [2.45, 2.75) is 9.79 Å². The quantitative estimate of drug-likeness (QED) is 0.282. The van der Waals surface area contributed by atoms with Gasteiger partial charge in [-0.3, -0.25) is 4.79 Å². The van der Waals surface area contributed by atoms with Gasteiger partial charge in [0.05, 0.1) is 14.8 Å². The Labute approximate surface area is 195 Å². The molecule has 0 spiro atoms. The molecule has 4 aromatic carbocycles. The maximum atomic E-state index is 12.7. The highest BCUT2D eigenvalue weighted by atomic mass is 35.5. The predicted molar refractivity (Wildman–Crippen MR) is 125 cm³/mol. The lowest BCUT2D eigenvalue weighted by atomic mass is 10.0. The molecule has 4 nitrogen and oxygen atoms in total. The van der Waals surface area contributed by atoms with Gasteiger partial charge in [0, 0.05) is 16.1 Å². The van der Waals surface area contributed by atoms with E-state index in [2.05, 4.69) is 0 Å². The third-order valence-electron chi connectivity index (χ3n) is 4.71. The van der Waals surface area contributed by atoms with Crippen molar-refractivity contribution in [2.24, 2.45) is 0 Å². The molecule has 0 bridgehead atoms. The first-order chi connectivity index (χ1) is 15.3. The largest absolute Gasteiger partial charge is 0.457 e. The van der Waals surface area contributed by atoms with E-state index in [0.717, 1.165) is 0 Å². The topological polar surface area (TPSA) is 60.4 Å². The highest BCUT2D eigenvalue weighted by molar-refractivity contribution is 7.91. The molecule has 0 saturated carbocycles. The smallest absolute Gasteiger partial charge is 0.206 e. The first-order valence-corrected chi connectivity index (χ1v) is 11.8. The van der Waals surface area contributed by atoms with Crippen molar-refractivity contribution in [3.8, 4) is 11.5 Å². The Morgan fingerprint density at radius 2 is 1.25 bits per heavy atom. The molecule has 4 aromatic rings. The maximum absolute atomic E-state index is 12.7. The molecule has 0 amide bonds. The van der Waals surface area contributed by atoms with Crippen molar-refractivity contribution in [1.29, 1.82) is 0 Å². The minimum absolute atomic E-state index is 0.176. The zero-order valence-corrected chi connectivity index (χ0v) is 18.9. The molecule has 0 radical (unpaired) electrons. The summed E-state index contributed by atoms with van der Waals surface area (Å²) in [7, 11) is -3.59. The van der Waals surface area contributed by atoms with Crippen molar-refractivity contribution in [3.63, 3.8) is 0 Å². The number of ketones is 1. The van der Waals surface area contributed by atoms with E-state index in [1.165, 1.54) is 18.2 Å².